The van der Waals surface area contributed by atoms with Gasteiger partial charge in [0.05, 0.1) is 44.6 Å². The fraction of sp³-hybridized carbons (Fsp3) is 0.194. The van der Waals surface area contributed by atoms with Crippen LogP contribution in [0.1, 0.15) is 101 Å². The number of hydrogen-bond acceptors (Lipinski definition) is 6. The molecule has 9 aromatic carbocycles. The Morgan fingerprint density at radius 3 is 0.957 bits per heavy atom. The summed E-state index contributed by atoms with van der Waals surface area (Å²) in [7, 11) is 0. The van der Waals surface area contributed by atoms with Crippen molar-refractivity contribution in [2.24, 2.45) is 0 Å². The van der Waals surface area contributed by atoms with E-state index in [1.54, 1.807) is 0 Å². The molecule has 0 amide bonds. The molecule has 0 atom stereocenters. The molecule has 13 aromatic rings. The summed E-state index contributed by atoms with van der Waals surface area (Å²) in [6.07, 6.45) is 0. The molecule has 4 aromatic heterocycles. The van der Waals surface area contributed by atoms with Crippen molar-refractivity contribution in [2.75, 3.05) is 0 Å². The molecule has 340 valence electrons. The normalized spacial score (nSPS) is 12.7. The first-order valence-electron chi connectivity index (χ1n) is 24.4. The summed E-state index contributed by atoms with van der Waals surface area (Å²) in [6, 6.07) is 39.6. The van der Waals surface area contributed by atoms with E-state index in [1.165, 1.54) is 9.13 Å². The summed E-state index contributed by atoms with van der Waals surface area (Å²) < 4.78 is 2.83. The molecule has 13 rings (SSSR count). The largest absolute Gasteiger partial charge is 0.268 e. The summed E-state index contributed by atoms with van der Waals surface area (Å²) in [5.41, 5.74) is 7.43. The zero-order valence-electron chi connectivity index (χ0n) is 40.3. The van der Waals surface area contributed by atoms with Crippen LogP contribution in [-0.2, 0) is 0 Å². The Bertz CT molecular complexity index is 4210. The van der Waals surface area contributed by atoms with Crippen molar-refractivity contribution in [3.05, 3.63) is 185 Å². The van der Waals surface area contributed by atoms with Crippen LogP contribution in [0.25, 0.3) is 120 Å². The molecule has 0 fully saturated rings. The Balaban J connectivity index is 1.33. The van der Waals surface area contributed by atoms with Crippen LogP contribution in [0.2, 0.25) is 0 Å². The van der Waals surface area contributed by atoms with Crippen molar-refractivity contribution < 1.29 is 0 Å². The van der Waals surface area contributed by atoms with Gasteiger partial charge in [0, 0.05) is 75.8 Å². The van der Waals surface area contributed by atoms with E-state index in [9.17, 15) is 0 Å². The van der Waals surface area contributed by atoms with Crippen LogP contribution in [0.15, 0.2) is 141 Å². The third-order valence-electron chi connectivity index (χ3n) is 15.2. The van der Waals surface area contributed by atoms with Crippen molar-refractivity contribution >= 4 is 86.4 Å². The number of nitrogens with zero attached hydrogens (tertiary/aromatic N) is 4. The average molecular weight is 913 g/mol. The first-order chi connectivity index (χ1) is 33.8. The summed E-state index contributed by atoms with van der Waals surface area (Å²) in [5, 5.41) is 8.90. The van der Waals surface area contributed by atoms with E-state index in [4.69, 9.17) is 9.97 Å². The Morgan fingerprint density at radius 2 is 0.643 bits per heavy atom. The monoisotopic (exact) mass is 912 g/mol. The van der Waals surface area contributed by atoms with E-state index >= 15 is 19.2 Å². The zero-order valence-corrected chi connectivity index (χ0v) is 40.3. The standard InChI is InChI=1S/C62H48N4O4/c1-29(2)35-21-15-22-36(30(3)4)57(35)65-59(67)41-25-39-49-52-46(64-55(39)33-17-11-9-12-18-33)28-44-48-42(60(68)66(62(44)70)58-37(31(5)6)23-16-24-38(58)32(7)8)26-40-50(54(48)52)51-45(27-43(61(65)69)47(41)53(49)51)63-56(40)34-19-13-10-14-20-34/h9-32H,1-8H3. The Hall–Kier alpha value is -8.10. The highest BCUT2D eigenvalue weighted by Crippen LogP contribution is 2.53. The van der Waals surface area contributed by atoms with E-state index in [-0.39, 0.29) is 23.7 Å². The van der Waals surface area contributed by atoms with Crippen LogP contribution in [0, 0.1) is 0 Å². The van der Waals surface area contributed by atoms with Crippen LogP contribution < -0.4 is 22.2 Å². The summed E-state index contributed by atoms with van der Waals surface area (Å²) >= 11 is 0. The van der Waals surface area contributed by atoms with Crippen molar-refractivity contribution in [2.45, 2.75) is 79.1 Å². The molecule has 0 radical (unpaired) electrons. The van der Waals surface area contributed by atoms with Gasteiger partial charge < -0.3 is 0 Å². The Morgan fingerprint density at radius 1 is 0.329 bits per heavy atom. The molecule has 4 heterocycles. The fourth-order valence-corrected chi connectivity index (χ4v) is 12.1. The summed E-state index contributed by atoms with van der Waals surface area (Å²) in [4.78, 5) is 73.8. The van der Waals surface area contributed by atoms with Gasteiger partial charge in [-0.15, -0.1) is 0 Å². The molecule has 0 saturated carbocycles. The van der Waals surface area contributed by atoms with Crippen LogP contribution in [0.4, 0.5) is 0 Å². The lowest BCUT2D eigenvalue weighted by Crippen LogP contribution is -2.34. The van der Waals surface area contributed by atoms with Crippen LogP contribution in [0.5, 0.6) is 0 Å². The lowest BCUT2D eigenvalue weighted by atomic mass is 9.80. The number of benzene rings is 9. The van der Waals surface area contributed by atoms with Crippen molar-refractivity contribution in [3.8, 4) is 33.9 Å². The molecule has 0 aliphatic rings. The maximum absolute atomic E-state index is 15.7. The van der Waals surface area contributed by atoms with Gasteiger partial charge in [0.1, 0.15) is 0 Å². The zero-order chi connectivity index (χ0) is 48.3. The van der Waals surface area contributed by atoms with Gasteiger partial charge in [0.2, 0.25) is 0 Å². The van der Waals surface area contributed by atoms with Crippen LogP contribution >= 0.6 is 0 Å². The second kappa shape index (κ2) is 14.7. The third kappa shape index (κ3) is 5.41. The average Bonchev–Trinajstić information content (AvgIpc) is 3.36. The molecule has 0 aliphatic carbocycles. The summed E-state index contributed by atoms with van der Waals surface area (Å²) in [5.74, 6) is 0.0805. The number of aromatic nitrogens is 4. The van der Waals surface area contributed by atoms with E-state index < -0.39 is 22.2 Å². The highest BCUT2D eigenvalue weighted by atomic mass is 16.2. The van der Waals surface area contributed by atoms with Gasteiger partial charge in [-0.3, -0.25) is 19.2 Å². The van der Waals surface area contributed by atoms with E-state index in [1.807, 2.05) is 121 Å². The minimum atomic E-state index is -0.403. The molecule has 0 unspecified atom stereocenters. The maximum Gasteiger partial charge on any atom is 0.266 e. The van der Waals surface area contributed by atoms with Gasteiger partial charge in [-0.25, -0.2) is 19.1 Å². The number of hydrogen-bond donors (Lipinski definition) is 0. The second-order valence-corrected chi connectivity index (χ2v) is 20.6. The van der Waals surface area contributed by atoms with Gasteiger partial charge >= 0.3 is 0 Å². The van der Waals surface area contributed by atoms with Gasteiger partial charge in [-0.1, -0.05) is 152 Å². The predicted molar refractivity (Wildman–Crippen MR) is 289 cm³/mol. The van der Waals surface area contributed by atoms with Crippen LogP contribution in [0.3, 0.4) is 0 Å². The topological polar surface area (TPSA) is 104 Å². The van der Waals surface area contributed by atoms with E-state index in [0.717, 1.165) is 76.5 Å². The van der Waals surface area contributed by atoms with Gasteiger partial charge in [-0.2, -0.15) is 0 Å². The third-order valence-corrected chi connectivity index (χ3v) is 15.2. The Labute approximate surface area is 401 Å². The summed E-state index contributed by atoms with van der Waals surface area (Å²) in [6.45, 7) is 16.7. The predicted octanol–water partition coefficient (Wildman–Crippen LogP) is 13.7. The second-order valence-electron chi connectivity index (χ2n) is 20.6. The minimum Gasteiger partial charge on any atom is -0.268 e. The van der Waals surface area contributed by atoms with Gasteiger partial charge in [0.15, 0.2) is 0 Å². The van der Waals surface area contributed by atoms with E-state index in [0.29, 0.717) is 66.1 Å². The fourth-order valence-electron chi connectivity index (χ4n) is 12.1. The molecule has 8 heteroatoms. The molecule has 70 heavy (non-hydrogen) atoms. The molecule has 0 saturated heterocycles. The van der Waals surface area contributed by atoms with E-state index in [2.05, 4.69) is 55.4 Å². The Kier molecular flexibility index (Phi) is 8.83. The molecule has 0 spiro atoms. The smallest absolute Gasteiger partial charge is 0.266 e. The first-order valence-corrected chi connectivity index (χ1v) is 24.4. The van der Waals surface area contributed by atoms with Gasteiger partial charge in [-0.05, 0) is 70.2 Å². The van der Waals surface area contributed by atoms with Crippen LogP contribution in [-0.4, -0.2) is 19.1 Å². The lowest BCUT2D eigenvalue weighted by Gasteiger charge is -2.26. The highest BCUT2D eigenvalue weighted by Gasteiger charge is 2.33. The van der Waals surface area contributed by atoms with Crippen molar-refractivity contribution in [1.82, 2.24) is 19.1 Å². The molecule has 8 nitrogen and oxygen atoms in total. The number of pyridine rings is 4. The SMILES string of the molecule is CC(C)c1cccc(C(C)C)c1-n1c(=O)c2cc3nc(-c4ccccc4)c4cc5c(=O)n(-c6c(C(C)C)cccc6C(C)C)c(=O)c6cc7nc(-c8ccccc8)c8cc(c1=O)c2c1c3c4c(c65)c7c81. The van der Waals surface area contributed by atoms with Crippen molar-refractivity contribution in [1.29, 1.82) is 0 Å². The molecular weight excluding hydrogens is 865 g/mol. The molecule has 0 aliphatic heterocycles. The van der Waals surface area contributed by atoms with Gasteiger partial charge in [0.25, 0.3) is 22.2 Å². The maximum atomic E-state index is 15.7. The number of rotatable bonds is 8. The molecule has 0 N–H and O–H groups in total. The lowest BCUT2D eigenvalue weighted by molar-refractivity contribution is 0.792. The first kappa shape index (κ1) is 42.0. The highest BCUT2D eigenvalue weighted by molar-refractivity contribution is 6.50. The quantitative estimate of drug-likeness (QED) is 0.111. The molecular formula is C62H48N4O4. The minimum absolute atomic E-state index is 0.0201. The number of para-hydroxylation sites is 2. The van der Waals surface area contributed by atoms with Crippen molar-refractivity contribution in [3.63, 3.8) is 0 Å². The molecule has 0 bridgehead atoms.